The van der Waals surface area contributed by atoms with Crippen LogP contribution in [0.2, 0.25) is 0 Å². The van der Waals surface area contributed by atoms with Crippen LogP contribution in [-0.4, -0.2) is 11.1 Å². The zero-order chi connectivity index (χ0) is 15.4. The highest BCUT2D eigenvalue weighted by molar-refractivity contribution is 9.10. The van der Waals surface area contributed by atoms with Gasteiger partial charge in [0, 0.05) is 16.6 Å². The SMILES string of the molecule is Cc1ccc(Oc2ccc(/C=C/C(=O)O)c(Br)c2)cc1F. The predicted octanol–water partition coefficient (Wildman–Crippen LogP) is 4.79. The number of ether oxygens (including phenoxy) is 1. The molecule has 0 saturated carbocycles. The van der Waals surface area contributed by atoms with Crippen molar-refractivity contribution in [2.24, 2.45) is 0 Å². The summed E-state index contributed by atoms with van der Waals surface area (Å²) in [7, 11) is 0. The van der Waals surface area contributed by atoms with Gasteiger partial charge in [-0.15, -0.1) is 0 Å². The normalized spacial score (nSPS) is 10.8. The van der Waals surface area contributed by atoms with Gasteiger partial charge in [-0.05, 0) is 42.3 Å². The number of aryl methyl sites for hydroxylation is 1. The number of benzene rings is 2. The Morgan fingerprint density at radius 1 is 1.24 bits per heavy atom. The smallest absolute Gasteiger partial charge is 0.328 e. The van der Waals surface area contributed by atoms with Gasteiger partial charge in [-0.25, -0.2) is 9.18 Å². The van der Waals surface area contributed by atoms with Crippen molar-refractivity contribution in [3.8, 4) is 11.5 Å². The third kappa shape index (κ3) is 4.16. The van der Waals surface area contributed by atoms with Crippen molar-refractivity contribution in [1.29, 1.82) is 0 Å². The quantitative estimate of drug-likeness (QED) is 0.806. The fourth-order valence-corrected chi connectivity index (χ4v) is 2.13. The van der Waals surface area contributed by atoms with Crippen molar-refractivity contribution in [3.63, 3.8) is 0 Å². The summed E-state index contributed by atoms with van der Waals surface area (Å²) < 4.78 is 19.7. The molecule has 0 aliphatic rings. The van der Waals surface area contributed by atoms with E-state index >= 15 is 0 Å². The lowest BCUT2D eigenvalue weighted by molar-refractivity contribution is -0.131. The summed E-state index contributed by atoms with van der Waals surface area (Å²) in [4.78, 5) is 10.5. The summed E-state index contributed by atoms with van der Waals surface area (Å²) in [5, 5.41) is 8.60. The molecule has 0 unspecified atom stereocenters. The second-order valence-electron chi connectivity index (χ2n) is 4.37. The fraction of sp³-hybridized carbons (Fsp3) is 0.0625. The van der Waals surface area contributed by atoms with Gasteiger partial charge in [0.2, 0.25) is 0 Å². The molecule has 0 heterocycles. The molecule has 0 bridgehead atoms. The third-order valence-corrected chi connectivity index (χ3v) is 3.44. The molecule has 1 N–H and O–H groups in total. The van der Waals surface area contributed by atoms with E-state index in [-0.39, 0.29) is 5.82 Å². The van der Waals surface area contributed by atoms with Crippen molar-refractivity contribution >= 4 is 28.0 Å². The molecule has 21 heavy (non-hydrogen) atoms. The molecule has 108 valence electrons. The topological polar surface area (TPSA) is 46.5 Å². The van der Waals surface area contributed by atoms with Gasteiger partial charge in [0.25, 0.3) is 0 Å². The minimum absolute atomic E-state index is 0.326. The summed E-state index contributed by atoms with van der Waals surface area (Å²) >= 11 is 3.34. The second-order valence-corrected chi connectivity index (χ2v) is 5.22. The summed E-state index contributed by atoms with van der Waals surface area (Å²) in [6.45, 7) is 1.68. The largest absolute Gasteiger partial charge is 0.478 e. The lowest BCUT2D eigenvalue weighted by Gasteiger charge is -2.08. The van der Waals surface area contributed by atoms with Gasteiger partial charge in [-0.2, -0.15) is 0 Å². The highest BCUT2D eigenvalue weighted by Crippen LogP contribution is 2.28. The Balaban J connectivity index is 2.20. The number of hydrogen-bond donors (Lipinski definition) is 1. The zero-order valence-electron chi connectivity index (χ0n) is 11.1. The van der Waals surface area contributed by atoms with E-state index in [4.69, 9.17) is 9.84 Å². The van der Waals surface area contributed by atoms with Crippen LogP contribution in [0.4, 0.5) is 4.39 Å². The number of carboxylic acid groups (broad SMARTS) is 1. The molecule has 0 saturated heterocycles. The zero-order valence-corrected chi connectivity index (χ0v) is 12.7. The molecule has 2 rings (SSSR count). The van der Waals surface area contributed by atoms with Gasteiger partial charge in [-0.1, -0.05) is 28.1 Å². The van der Waals surface area contributed by atoms with Crippen LogP contribution in [0.15, 0.2) is 46.9 Å². The Hall–Kier alpha value is -2.14. The van der Waals surface area contributed by atoms with Gasteiger partial charge in [0.05, 0.1) is 0 Å². The summed E-state index contributed by atoms with van der Waals surface area (Å²) in [6.07, 6.45) is 2.53. The number of carbonyl (C=O) groups is 1. The standard InChI is InChI=1S/C16H12BrFO3/c1-10-2-5-13(9-15(10)18)21-12-6-3-11(14(17)8-12)4-7-16(19)20/h2-9H,1H3,(H,19,20)/b7-4+. The molecule has 5 heteroatoms. The van der Waals surface area contributed by atoms with Gasteiger partial charge in [0.15, 0.2) is 0 Å². The van der Waals surface area contributed by atoms with E-state index in [0.717, 1.165) is 6.08 Å². The summed E-state index contributed by atoms with van der Waals surface area (Å²) in [5.74, 6) is -0.415. The van der Waals surface area contributed by atoms with Crippen molar-refractivity contribution in [3.05, 3.63) is 63.9 Å². The van der Waals surface area contributed by atoms with Crippen molar-refractivity contribution in [2.45, 2.75) is 6.92 Å². The maximum Gasteiger partial charge on any atom is 0.328 e. The van der Waals surface area contributed by atoms with Crippen LogP contribution >= 0.6 is 15.9 Å². The van der Waals surface area contributed by atoms with Gasteiger partial charge in [0.1, 0.15) is 17.3 Å². The Kier molecular flexibility index (Phi) is 4.75. The molecule has 0 spiro atoms. The number of hydrogen-bond acceptors (Lipinski definition) is 2. The van der Waals surface area contributed by atoms with Crippen LogP contribution in [0.25, 0.3) is 6.08 Å². The molecule has 0 aromatic heterocycles. The first-order valence-corrected chi connectivity index (χ1v) is 6.89. The average Bonchev–Trinajstić information content (AvgIpc) is 2.42. The van der Waals surface area contributed by atoms with E-state index in [9.17, 15) is 9.18 Å². The molecule has 2 aromatic carbocycles. The number of aliphatic carboxylic acids is 1. The van der Waals surface area contributed by atoms with E-state index in [0.29, 0.717) is 27.1 Å². The Bertz CT molecular complexity index is 711. The lowest BCUT2D eigenvalue weighted by Crippen LogP contribution is -1.89. The number of halogens is 2. The summed E-state index contributed by atoms with van der Waals surface area (Å²) in [5.41, 5.74) is 1.26. The molecule has 3 nitrogen and oxygen atoms in total. The molecule has 0 atom stereocenters. The first-order valence-electron chi connectivity index (χ1n) is 6.10. The van der Waals surface area contributed by atoms with Crippen LogP contribution in [0.3, 0.4) is 0 Å². The van der Waals surface area contributed by atoms with E-state index in [1.165, 1.54) is 12.1 Å². The lowest BCUT2D eigenvalue weighted by atomic mass is 10.2. The maximum absolute atomic E-state index is 13.4. The molecule has 0 amide bonds. The fourth-order valence-electron chi connectivity index (χ4n) is 1.64. The van der Waals surface area contributed by atoms with E-state index in [2.05, 4.69) is 15.9 Å². The first kappa shape index (κ1) is 15.3. The molecule has 0 radical (unpaired) electrons. The number of carboxylic acids is 1. The van der Waals surface area contributed by atoms with Gasteiger partial charge >= 0.3 is 5.97 Å². The van der Waals surface area contributed by atoms with Crippen molar-refractivity contribution in [1.82, 2.24) is 0 Å². The van der Waals surface area contributed by atoms with Crippen LogP contribution in [0, 0.1) is 12.7 Å². The van der Waals surface area contributed by atoms with Gasteiger partial charge < -0.3 is 9.84 Å². The molecule has 2 aromatic rings. The minimum atomic E-state index is -1.02. The third-order valence-electron chi connectivity index (χ3n) is 2.76. The molecular formula is C16H12BrFO3. The Labute approximate surface area is 129 Å². The van der Waals surface area contributed by atoms with Crippen LogP contribution < -0.4 is 4.74 Å². The van der Waals surface area contributed by atoms with E-state index in [1.807, 2.05) is 0 Å². The monoisotopic (exact) mass is 350 g/mol. The Morgan fingerprint density at radius 2 is 1.90 bits per heavy atom. The number of rotatable bonds is 4. The van der Waals surface area contributed by atoms with Gasteiger partial charge in [-0.3, -0.25) is 0 Å². The van der Waals surface area contributed by atoms with E-state index < -0.39 is 5.97 Å². The molecular weight excluding hydrogens is 339 g/mol. The minimum Gasteiger partial charge on any atom is -0.478 e. The highest BCUT2D eigenvalue weighted by atomic mass is 79.9. The first-order chi connectivity index (χ1) is 9.95. The summed E-state index contributed by atoms with van der Waals surface area (Å²) in [6, 6.07) is 9.74. The average molecular weight is 351 g/mol. The van der Waals surface area contributed by atoms with Crippen molar-refractivity contribution in [2.75, 3.05) is 0 Å². The molecule has 0 aliphatic heterocycles. The maximum atomic E-state index is 13.4. The predicted molar refractivity (Wildman–Crippen MR) is 82.0 cm³/mol. The van der Waals surface area contributed by atoms with E-state index in [1.54, 1.807) is 37.3 Å². The molecule has 0 aliphatic carbocycles. The Morgan fingerprint density at radius 3 is 2.52 bits per heavy atom. The van der Waals surface area contributed by atoms with Crippen molar-refractivity contribution < 1.29 is 19.0 Å². The van der Waals surface area contributed by atoms with Crippen LogP contribution in [0.1, 0.15) is 11.1 Å². The second kappa shape index (κ2) is 6.54. The molecule has 0 fully saturated rings. The highest BCUT2D eigenvalue weighted by Gasteiger charge is 2.04. The van der Waals surface area contributed by atoms with Crippen LogP contribution in [-0.2, 0) is 4.79 Å². The van der Waals surface area contributed by atoms with Crippen LogP contribution in [0.5, 0.6) is 11.5 Å².